The Kier molecular flexibility index (Phi) is 6.27. The number of fused-ring (bicyclic) bond motifs is 1. The minimum absolute atomic E-state index is 0.0551. The highest BCUT2D eigenvalue weighted by Crippen LogP contribution is 2.31. The molecule has 0 aliphatic carbocycles. The number of nitrogens with one attached hydrogen (secondary N) is 1. The summed E-state index contributed by atoms with van der Waals surface area (Å²) in [5, 5.41) is 3.12. The molecule has 0 spiro atoms. The van der Waals surface area contributed by atoms with Gasteiger partial charge in [0.1, 0.15) is 11.5 Å². The second kappa shape index (κ2) is 8.97. The first-order chi connectivity index (χ1) is 15.2. The molecule has 2 aromatic carbocycles. The molecule has 32 heavy (non-hydrogen) atoms. The van der Waals surface area contributed by atoms with E-state index in [9.17, 15) is 18.0 Å². The van der Waals surface area contributed by atoms with Crippen LogP contribution in [0.4, 0.5) is 5.69 Å². The molecular formula is C21H22ClN3O6S. The van der Waals surface area contributed by atoms with Crippen LogP contribution in [0.5, 0.6) is 11.5 Å². The van der Waals surface area contributed by atoms with Gasteiger partial charge < -0.3 is 19.7 Å². The van der Waals surface area contributed by atoms with E-state index in [1.165, 1.54) is 22.5 Å². The minimum Gasteiger partial charge on any atom is -0.482 e. The predicted octanol–water partition coefficient (Wildman–Crippen LogP) is 1.97. The summed E-state index contributed by atoms with van der Waals surface area (Å²) in [6.45, 7) is 2.33. The molecule has 2 aliphatic rings. The third-order valence-electron chi connectivity index (χ3n) is 5.23. The Labute approximate surface area is 190 Å². The lowest BCUT2D eigenvalue weighted by Gasteiger charge is -2.35. The summed E-state index contributed by atoms with van der Waals surface area (Å²) < 4.78 is 38.4. The van der Waals surface area contributed by atoms with Crippen LogP contribution in [0.2, 0.25) is 5.02 Å². The van der Waals surface area contributed by atoms with Gasteiger partial charge in [-0.25, -0.2) is 8.42 Å². The molecule has 0 radical (unpaired) electrons. The number of anilines is 1. The highest BCUT2D eigenvalue weighted by molar-refractivity contribution is 7.89. The quantitative estimate of drug-likeness (QED) is 0.703. The van der Waals surface area contributed by atoms with E-state index in [0.717, 1.165) is 0 Å². The molecule has 0 unspecified atom stereocenters. The van der Waals surface area contributed by atoms with Gasteiger partial charge in [0, 0.05) is 31.2 Å². The zero-order valence-corrected chi connectivity index (χ0v) is 18.9. The van der Waals surface area contributed by atoms with Crippen molar-refractivity contribution in [2.45, 2.75) is 17.9 Å². The van der Waals surface area contributed by atoms with Crippen molar-refractivity contribution >= 4 is 39.1 Å². The normalized spacial score (nSPS) is 17.7. The summed E-state index contributed by atoms with van der Waals surface area (Å²) in [6.07, 6.45) is -0.735. The number of halogens is 1. The van der Waals surface area contributed by atoms with Gasteiger partial charge in [-0.15, -0.1) is 0 Å². The molecule has 1 N–H and O–H groups in total. The summed E-state index contributed by atoms with van der Waals surface area (Å²) in [4.78, 5) is 25.9. The molecule has 2 aliphatic heterocycles. The molecule has 1 atom stereocenters. The van der Waals surface area contributed by atoms with Crippen LogP contribution in [0.25, 0.3) is 0 Å². The molecule has 9 nitrogen and oxygen atoms in total. The van der Waals surface area contributed by atoms with E-state index >= 15 is 0 Å². The van der Waals surface area contributed by atoms with Crippen molar-refractivity contribution in [3.63, 3.8) is 0 Å². The monoisotopic (exact) mass is 479 g/mol. The maximum atomic E-state index is 13.1. The van der Waals surface area contributed by atoms with Crippen molar-refractivity contribution in [1.29, 1.82) is 0 Å². The average Bonchev–Trinajstić information content (AvgIpc) is 2.78. The van der Waals surface area contributed by atoms with Crippen LogP contribution in [0.15, 0.2) is 47.4 Å². The molecule has 1 saturated heterocycles. The van der Waals surface area contributed by atoms with Crippen molar-refractivity contribution < 1.29 is 27.5 Å². The number of rotatable bonds is 5. The van der Waals surface area contributed by atoms with Gasteiger partial charge in [0.15, 0.2) is 12.7 Å². The van der Waals surface area contributed by atoms with Crippen molar-refractivity contribution in [2.24, 2.45) is 0 Å². The van der Waals surface area contributed by atoms with Gasteiger partial charge in [0.25, 0.3) is 11.8 Å². The number of piperazine rings is 1. The Morgan fingerprint density at radius 1 is 1.16 bits per heavy atom. The third-order valence-corrected chi connectivity index (χ3v) is 7.36. The van der Waals surface area contributed by atoms with Crippen LogP contribution in [-0.2, 0) is 19.6 Å². The molecule has 11 heteroatoms. The molecule has 0 saturated carbocycles. The largest absolute Gasteiger partial charge is 0.482 e. The van der Waals surface area contributed by atoms with Crippen molar-refractivity contribution in [1.82, 2.24) is 9.21 Å². The number of nitrogens with zero attached hydrogens (tertiary/aromatic N) is 2. The van der Waals surface area contributed by atoms with E-state index in [0.29, 0.717) is 22.2 Å². The van der Waals surface area contributed by atoms with Gasteiger partial charge in [-0.05, 0) is 43.3 Å². The zero-order chi connectivity index (χ0) is 22.9. The van der Waals surface area contributed by atoms with Crippen molar-refractivity contribution in [3.05, 3.63) is 47.5 Å². The highest BCUT2D eigenvalue weighted by Gasteiger charge is 2.33. The molecule has 0 bridgehead atoms. The van der Waals surface area contributed by atoms with E-state index in [4.69, 9.17) is 21.1 Å². The molecule has 2 aromatic rings. The van der Waals surface area contributed by atoms with Crippen molar-refractivity contribution in [3.8, 4) is 11.5 Å². The predicted molar refractivity (Wildman–Crippen MR) is 117 cm³/mol. The van der Waals surface area contributed by atoms with Crippen LogP contribution in [0, 0.1) is 0 Å². The van der Waals surface area contributed by atoms with Crippen LogP contribution >= 0.6 is 11.6 Å². The molecule has 2 heterocycles. The molecule has 2 amide bonds. The van der Waals surface area contributed by atoms with E-state index in [1.807, 2.05) is 0 Å². The topological polar surface area (TPSA) is 105 Å². The number of benzene rings is 2. The number of carbonyl (C=O) groups excluding carboxylic acids is 2. The number of hydrogen-bond donors (Lipinski definition) is 1. The molecule has 0 aromatic heterocycles. The first-order valence-electron chi connectivity index (χ1n) is 10.0. The summed E-state index contributed by atoms with van der Waals surface area (Å²) in [5.41, 5.74) is 0.322. The molecule has 4 rings (SSSR count). The van der Waals surface area contributed by atoms with E-state index in [2.05, 4.69) is 5.32 Å². The van der Waals surface area contributed by atoms with Crippen LogP contribution < -0.4 is 14.8 Å². The fourth-order valence-electron chi connectivity index (χ4n) is 3.57. The Morgan fingerprint density at radius 2 is 1.91 bits per heavy atom. The molecule has 1 fully saturated rings. The number of ether oxygens (including phenoxy) is 2. The lowest BCUT2D eigenvalue weighted by molar-refractivity contribution is -0.139. The van der Waals surface area contributed by atoms with E-state index in [-0.39, 0.29) is 49.5 Å². The van der Waals surface area contributed by atoms with Crippen molar-refractivity contribution in [2.75, 3.05) is 38.1 Å². The standard InChI is InChI=1S/C21H22ClN3O6S/c1-14(31-16-4-2-3-15(22)11-16)21(27)24-7-9-25(10-8-24)32(28,29)17-5-6-19-18(12-17)23-20(26)13-30-19/h2-6,11-12,14H,7-10,13H2,1H3,(H,23,26)/t14-/m0/s1. The fourth-order valence-corrected chi connectivity index (χ4v) is 5.20. The van der Waals surface area contributed by atoms with E-state index < -0.39 is 16.1 Å². The van der Waals surface area contributed by atoms with Crippen LogP contribution in [0.3, 0.4) is 0 Å². The lowest BCUT2D eigenvalue weighted by atomic mass is 10.2. The Balaban J connectivity index is 1.39. The summed E-state index contributed by atoms with van der Waals surface area (Å²) in [6, 6.07) is 11.1. The summed E-state index contributed by atoms with van der Waals surface area (Å²) >= 11 is 5.95. The Morgan fingerprint density at radius 3 is 2.62 bits per heavy atom. The zero-order valence-electron chi connectivity index (χ0n) is 17.3. The minimum atomic E-state index is -3.79. The highest BCUT2D eigenvalue weighted by atomic mass is 35.5. The average molecular weight is 480 g/mol. The molecule has 170 valence electrons. The van der Waals surface area contributed by atoms with Gasteiger partial charge in [-0.3, -0.25) is 9.59 Å². The van der Waals surface area contributed by atoms with Gasteiger partial charge in [-0.2, -0.15) is 4.31 Å². The Bertz CT molecular complexity index is 1150. The van der Waals surface area contributed by atoms with Gasteiger partial charge in [-0.1, -0.05) is 17.7 Å². The van der Waals surface area contributed by atoms with Gasteiger partial charge in [0.05, 0.1) is 10.6 Å². The molecular weight excluding hydrogens is 458 g/mol. The van der Waals surface area contributed by atoms with Crippen LogP contribution in [-0.4, -0.2) is 68.3 Å². The fraction of sp³-hybridized carbons (Fsp3) is 0.333. The summed E-state index contributed by atoms with van der Waals surface area (Å²) in [7, 11) is -3.79. The number of hydrogen-bond acceptors (Lipinski definition) is 6. The first-order valence-corrected chi connectivity index (χ1v) is 11.8. The van der Waals surface area contributed by atoms with E-state index in [1.54, 1.807) is 36.1 Å². The second-order valence-electron chi connectivity index (χ2n) is 7.44. The lowest BCUT2D eigenvalue weighted by Crippen LogP contribution is -2.53. The number of amides is 2. The second-order valence-corrected chi connectivity index (χ2v) is 9.82. The SMILES string of the molecule is C[C@H](Oc1cccc(Cl)c1)C(=O)N1CCN(S(=O)(=O)c2ccc3c(c2)NC(=O)CO3)CC1. The third kappa shape index (κ3) is 4.67. The summed E-state index contributed by atoms with van der Waals surface area (Å²) in [5.74, 6) is 0.347. The smallest absolute Gasteiger partial charge is 0.263 e. The first kappa shape index (κ1) is 22.4. The number of carbonyl (C=O) groups is 2. The Hall–Kier alpha value is -2.82. The number of sulfonamides is 1. The van der Waals surface area contributed by atoms with Gasteiger partial charge >= 0.3 is 0 Å². The van der Waals surface area contributed by atoms with Crippen LogP contribution in [0.1, 0.15) is 6.92 Å². The van der Waals surface area contributed by atoms with Gasteiger partial charge in [0.2, 0.25) is 10.0 Å². The maximum Gasteiger partial charge on any atom is 0.263 e. The maximum absolute atomic E-state index is 13.1.